The summed E-state index contributed by atoms with van der Waals surface area (Å²) in [7, 11) is 0. The number of carboxylic acids is 1. The number of allylic oxidation sites excluding steroid dienone is 1. The molecule has 1 amide bonds. The van der Waals surface area contributed by atoms with Crippen molar-refractivity contribution < 1.29 is 19.8 Å². The van der Waals surface area contributed by atoms with Gasteiger partial charge in [0.25, 0.3) is 0 Å². The van der Waals surface area contributed by atoms with Crippen LogP contribution in [0.1, 0.15) is 27.2 Å². The molecule has 0 spiro atoms. The van der Waals surface area contributed by atoms with Crippen molar-refractivity contribution in [1.29, 1.82) is 5.26 Å². The normalized spacial score (nSPS) is 27.7. The zero-order valence-electron chi connectivity index (χ0n) is 13.4. The zero-order chi connectivity index (χ0) is 17.4. The Hall–Kier alpha value is -1.56. The average Bonchev–Trinajstić information content (AvgIpc) is 2.75. The van der Waals surface area contributed by atoms with Gasteiger partial charge in [0.05, 0.1) is 24.5 Å². The number of aliphatic hydroxyl groups excluding tert-OH is 1. The fourth-order valence-electron chi connectivity index (χ4n) is 3.35. The first-order valence-electron chi connectivity index (χ1n) is 7.60. The number of aliphatic carboxylic acids is 1. The summed E-state index contributed by atoms with van der Waals surface area (Å²) < 4.78 is 0. The van der Waals surface area contributed by atoms with Gasteiger partial charge in [-0.15, -0.1) is 0 Å². The highest BCUT2D eigenvalue weighted by Gasteiger charge is 2.68. The van der Waals surface area contributed by atoms with Gasteiger partial charge in [0.2, 0.25) is 5.91 Å². The third kappa shape index (κ3) is 2.63. The summed E-state index contributed by atoms with van der Waals surface area (Å²) in [6.45, 7) is 7.49. The number of rotatable bonds is 7. The summed E-state index contributed by atoms with van der Waals surface area (Å²) in [6, 6.07) is 1.96. The SMILES string of the molecule is CCN(CC)C[C@@]12SC(CC#N)=C(C(=O)O)N1C(=O)[C@@H]2[C@@H](C)O. The number of hydrogen-bond acceptors (Lipinski definition) is 6. The van der Waals surface area contributed by atoms with E-state index >= 15 is 0 Å². The van der Waals surface area contributed by atoms with Crippen LogP contribution >= 0.6 is 11.8 Å². The third-order valence-corrected chi connectivity index (χ3v) is 5.91. The Morgan fingerprint density at radius 1 is 1.52 bits per heavy atom. The lowest BCUT2D eigenvalue weighted by Crippen LogP contribution is -2.73. The average molecular weight is 339 g/mol. The Bertz CT molecular complexity index is 594. The quantitative estimate of drug-likeness (QED) is 0.662. The van der Waals surface area contributed by atoms with Crippen LogP contribution < -0.4 is 0 Å². The highest BCUT2D eigenvalue weighted by Crippen LogP contribution is 2.59. The Morgan fingerprint density at radius 2 is 2.13 bits per heavy atom. The van der Waals surface area contributed by atoms with Gasteiger partial charge in [-0.05, 0) is 20.0 Å². The number of hydrogen-bond donors (Lipinski definition) is 2. The molecule has 23 heavy (non-hydrogen) atoms. The van der Waals surface area contributed by atoms with Crippen molar-refractivity contribution in [3.05, 3.63) is 10.6 Å². The molecule has 0 bridgehead atoms. The lowest BCUT2D eigenvalue weighted by atomic mass is 9.81. The van der Waals surface area contributed by atoms with Gasteiger partial charge in [0, 0.05) is 11.4 Å². The van der Waals surface area contributed by atoms with Crippen LogP contribution in [0.3, 0.4) is 0 Å². The summed E-state index contributed by atoms with van der Waals surface area (Å²) >= 11 is 1.25. The van der Waals surface area contributed by atoms with Crippen LogP contribution in [0, 0.1) is 17.2 Å². The zero-order valence-corrected chi connectivity index (χ0v) is 14.3. The number of aliphatic hydroxyl groups is 1. The molecular weight excluding hydrogens is 318 g/mol. The topological polar surface area (TPSA) is 105 Å². The Morgan fingerprint density at radius 3 is 2.57 bits per heavy atom. The predicted octanol–water partition coefficient (Wildman–Crippen LogP) is 0.820. The van der Waals surface area contributed by atoms with Crippen LogP contribution in [-0.2, 0) is 9.59 Å². The number of fused-ring (bicyclic) bond motifs is 1. The molecule has 0 aromatic rings. The van der Waals surface area contributed by atoms with Gasteiger partial charge in [-0.2, -0.15) is 5.26 Å². The molecular formula is C15H21N3O4S. The molecule has 2 N–H and O–H groups in total. The van der Waals surface area contributed by atoms with Crippen molar-refractivity contribution in [1.82, 2.24) is 9.80 Å². The smallest absolute Gasteiger partial charge is 0.353 e. The van der Waals surface area contributed by atoms with Crippen molar-refractivity contribution >= 4 is 23.6 Å². The van der Waals surface area contributed by atoms with Crippen LogP contribution in [0.25, 0.3) is 0 Å². The minimum atomic E-state index is -1.21. The van der Waals surface area contributed by atoms with E-state index < -0.39 is 22.9 Å². The molecule has 1 fully saturated rings. The number of nitrogens with zero attached hydrogens (tertiary/aromatic N) is 3. The lowest BCUT2D eigenvalue weighted by Gasteiger charge is -2.55. The summed E-state index contributed by atoms with van der Waals surface area (Å²) in [4.78, 5) is 27.0. The van der Waals surface area contributed by atoms with Crippen molar-refractivity contribution in [3.63, 3.8) is 0 Å². The number of nitriles is 1. The molecule has 0 unspecified atom stereocenters. The van der Waals surface area contributed by atoms with Gasteiger partial charge in [-0.1, -0.05) is 25.6 Å². The summed E-state index contributed by atoms with van der Waals surface area (Å²) in [5, 5.41) is 28.5. The van der Waals surface area contributed by atoms with E-state index in [1.165, 1.54) is 16.7 Å². The number of carbonyl (C=O) groups is 2. The first-order valence-corrected chi connectivity index (χ1v) is 8.42. The standard InChI is InChI=1S/C15H21N3O4S/c1-4-17(5-2)8-15-11(9(3)19)13(20)18(15)12(14(21)22)10(23-15)6-7-16/h9,11,19H,4-6,8H2,1-3H3,(H,21,22)/t9-,11+,15+/m1/s1. The molecule has 0 aromatic carbocycles. The van der Waals surface area contributed by atoms with E-state index in [0.717, 1.165) is 13.1 Å². The molecule has 0 aliphatic carbocycles. The van der Waals surface area contributed by atoms with Crippen LogP contribution in [0.4, 0.5) is 0 Å². The number of thioether (sulfide) groups is 1. The van der Waals surface area contributed by atoms with E-state index in [-0.39, 0.29) is 18.0 Å². The van der Waals surface area contributed by atoms with Crippen LogP contribution in [0.15, 0.2) is 10.6 Å². The minimum Gasteiger partial charge on any atom is -0.477 e. The Labute approximate surface area is 139 Å². The predicted molar refractivity (Wildman–Crippen MR) is 85.0 cm³/mol. The van der Waals surface area contributed by atoms with Gasteiger partial charge in [-0.25, -0.2) is 4.79 Å². The van der Waals surface area contributed by atoms with Crippen LogP contribution in [-0.4, -0.2) is 62.5 Å². The van der Waals surface area contributed by atoms with Gasteiger partial charge >= 0.3 is 5.97 Å². The number of carboxylic acid groups (broad SMARTS) is 1. The monoisotopic (exact) mass is 339 g/mol. The first kappa shape index (κ1) is 17.8. The highest BCUT2D eigenvalue weighted by atomic mass is 32.2. The fraction of sp³-hybridized carbons (Fsp3) is 0.667. The maximum atomic E-state index is 12.5. The molecule has 7 nitrogen and oxygen atoms in total. The molecule has 3 atom stereocenters. The Kier molecular flexibility index (Phi) is 5.04. The lowest BCUT2D eigenvalue weighted by molar-refractivity contribution is -0.168. The maximum Gasteiger partial charge on any atom is 0.353 e. The number of likely N-dealkylation sites (N-methyl/N-ethyl adjacent to an activating group) is 1. The molecule has 1 saturated heterocycles. The number of amides is 1. The summed E-state index contributed by atoms with van der Waals surface area (Å²) in [6.07, 6.45) is -0.930. The summed E-state index contributed by atoms with van der Waals surface area (Å²) in [5.74, 6) is -2.26. The molecule has 2 heterocycles. The van der Waals surface area contributed by atoms with Crippen molar-refractivity contribution in [2.45, 2.75) is 38.2 Å². The van der Waals surface area contributed by atoms with Crippen molar-refractivity contribution in [3.8, 4) is 6.07 Å². The number of β-lactam (4-membered cyclic amide) rings is 1. The van der Waals surface area contributed by atoms with E-state index in [4.69, 9.17) is 5.26 Å². The van der Waals surface area contributed by atoms with Crippen LogP contribution in [0.2, 0.25) is 0 Å². The Balaban J connectivity index is 2.46. The minimum absolute atomic E-state index is 0.0530. The van der Waals surface area contributed by atoms with E-state index in [1.54, 1.807) is 6.92 Å². The van der Waals surface area contributed by atoms with Crippen LogP contribution in [0.5, 0.6) is 0 Å². The second-order valence-electron chi connectivity index (χ2n) is 5.71. The second-order valence-corrected chi connectivity index (χ2v) is 7.12. The molecule has 126 valence electrons. The van der Waals surface area contributed by atoms with Gasteiger partial charge in [0.1, 0.15) is 10.6 Å². The molecule has 0 aromatic heterocycles. The molecule has 2 aliphatic rings. The van der Waals surface area contributed by atoms with Gasteiger partial charge in [-0.3, -0.25) is 9.69 Å². The van der Waals surface area contributed by atoms with Crippen molar-refractivity contribution in [2.24, 2.45) is 5.92 Å². The highest BCUT2D eigenvalue weighted by molar-refractivity contribution is 8.04. The van der Waals surface area contributed by atoms with Gasteiger partial charge < -0.3 is 15.1 Å². The summed E-state index contributed by atoms with van der Waals surface area (Å²) in [5.41, 5.74) is -0.106. The van der Waals surface area contributed by atoms with Crippen molar-refractivity contribution in [2.75, 3.05) is 19.6 Å². The van der Waals surface area contributed by atoms with E-state index in [9.17, 15) is 19.8 Å². The third-order valence-electron chi connectivity index (χ3n) is 4.41. The molecule has 0 radical (unpaired) electrons. The fourth-order valence-corrected chi connectivity index (χ4v) is 5.13. The second kappa shape index (κ2) is 6.51. The maximum absolute atomic E-state index is 12.5. The molecule has 2 aliphatic heterocycles. The molecule has 2 rings (SSSR count). The first-order chi connectivity index (χ1) is 10.8. The molecule has 8 heteroatoms. The molecule has 0 saturated carbocycles. The van der Waals surface area contributed by atoms with E-state index in [0.29, 0.717) is 11.4 Å². The van der Waals surface area contributed by atoms with E-state index in [1.807, 2.05) is 19.9 Å². The van der Waals surface area contributed by atoms with E-state index in [2.05, 4.69) is 4.90 Å². The van der Waals surface area contributed by atoms with Gasteiger partial charge in [0.15, 0.2) is 0 Å². The number of carbonyl (C=O) groups excluding carboxylic acids is 1. The largest absolute Gasteiger partial charge is 0.477 e.